The second kappa shape index (κ2) is 9.47. The first-order valence-corrected chi connectivity index (χ1v) is 8.78. The molecule has 0 radical (unpaired) electrons. The molecule has 24 heavy (non-hydrogen) atoms. The molecule has 2 aliphatic rings. The highest BCUT2D eigenvalue weighted by molar-refractivity contribution is 6.43. The smallest absolute Gasteiger partial charge is 0.143 e. The average Bonchev–Trinajstić information content (AvgIpc) is 3.17. The molecule has 2 aliphatic carbocycles. The molecule has 0 amide bonds. The van der Waals surface area contributed by atoms with E-state index in [0.717, 1.165) is 11.8 Å². The van der Waals surface area contributed by atoms with Gasteiger partial charge in [0.25, 0.3) is 0 Å². The lowest BCUT2D eigenvalue weighted by molar-refractivity contribution is 0.400. The topological polar surface area (TPSA) is 87.2 Å². The number of fused-ring (bicyclic) bond motifs is 1. The normalized spacial score (nSPS) is 28.2. The van der Waals surface area contributed by atoms with Crippen molar-refractivity contribution in [1.82, 2.24) is 10.6 Å². The number of rotatable bonds is 7. The predicted molar refractivity (Wildman–Crippen MR) is 103 cm³/mol. The number of hydrogen-bond acceptors (Lipinski definition) is 5. The molecule has 2 saturated carbocycles. The maximum Gasteiger partial charge on any atom is 0.143 e. The van der Waals surface area contributed by atoms with Crippen LogP contribution < -0.4 is 16.4 Å². The second-order valence-electron chi connectivity index (χ2n) is 6.19. The van der Waals surface area contributed by atoms with Gasteiger partial charge in [0.2, 0.25) is 0 Å². The summed E-state index contributed by atoms with van der Waals surface area (Å²) < 4.78 is 0. The van der Waals surface area contributed by atoms with Crippen molar-refractivity contribution in [3.05, 3.63) is 23.1 Å². The summed E-state index contributed by atoms with van der Waals surface area (Å²) in [5.74, 6) is 2.24. The summed E-state index contributed by atoms with van der Waals surface area (Å²) in [7, 11) is 1.69. The molecule has 132 valence electrons. The maximum absolute atomic E-state index is 6.32. The number of nitrogens with zero attached hydrogens (tertiary/aromatic N) is 3. The first-order valence-electron chi connectivity index (χ1n) is 8.40. The molecule has 0 aliphatic heterocycles. The monoisotopic (exact) mass is 350 g/mol. The van der Waals surface area contributed by atoms with Gasteiger partial charge in [-0.15, -0.1) is 0 Å². The summed E-state index contributed by atoms with van der Waals surface area (Å²) in [6, 6.07) is 0.435. The highest BCUT2D eigenvalue weighted by Gasteiger charge is 2.39. The number of amidine groups is 1. The molecule has 2 fully saturated rings. The van der Waals surface area contributed by atoms with Gasteiger partial charge in [0.1, 0.15) is 17.5 Å². The Hall–Kier alpha value is -1.82. The molecule has 0 spiro atoms. The number of aliphatic imine (C=N–C) groups is 3. The number of allylic oxidation sites excluding steroid dienone is 1. The summed E-state index contributed by atoms with van der Waals surface area (Å²) >= 11 is 6.32. The number of nitrogens with one attached hydrogen (secondary N) is 2. The quantitative estimate of drug-likeness (QED) is 0.486. The Labute approximate surface area is 149 Å². The Morgan fingerprint density at radius 1 is 1.33 bits per heavy atom. The van der Waals surface area contributed by atoms with Crippen molar-refractivity contribution in [2.75, 3.05) is 13.7 Å². The van der Waals surface area contributed by atoms with Gasteiger partial charge in [-0.1, -0.05) is 24.4 Å². The van der Waals surface area contributed by atoms with Gasteiger partial charge < -0.3 is 16.4 Å². The van der Waals surface area contributed by atoms with Gasteiger partial charge in [0.15, 0.2) is 0 Å². The van der Waals surface area contributed by atoms with Gasteiger partial charge in [-0.25, -0.2) is 4.99 Å². The predicted octanol–water partition coefficient (Wildman–Crippen LogP) is 2.38. The third kappa shape index (κ3) is 4.84. The van der Waals surface area contributed by atoms with E-state index in [9.17, 15) is 0 Å². The van der Waals surface area contributed by atoms with Crippen LogP contribution in [-0.4, -0.2) is 38.5 Å². The fourth-order valence-electron chi connectivity index (χ4n) is 3.74. The highest BCUT2D eigenvalue weighted by atomic mass is 35.5. The van der Waals surface area contributed by atoms with Crippen LogP contribution in [0.3, 0.4) is 0 Å². The van der Waals surface area contributed by atoms with Crippen molar-refractivity contribution < 1.29 is 0 Å². The summed E-state index contributed by atoms with van der Waals surface area (Å²) in [5, 5.41) is 7.10. The van der Waals surface area contributed by atoms with E-state index in [0.29, 0.717) is 29.3 Å². The largest absolute Gasteiger partial charge is 0.403 e. The van der Waals surface area contributed by atoms with Crippen molar-refractivity contribution in [3.8, 4) is 0 Å². The summed E-state index contributed by atoms with van der Waals surface area (Å²) in [6.45, 7) is 3.81. The fourth-order valence-corrected chi connectivity index (χ4v) is 3.93. The van der Waals surface area contributed by atoms with E-state index < -0.39 is 0 Å². The van der Waals surface area contributed by atoms with Gasteiger partial charge in [-0.2, -0.15) is 0 Å². The Balaban J connectivity index is 2.03. The molecule has 7 heteroatoms. The van der Waals surface area contributed by atoms with E-state index in [-0.39, 0.29) is 0 Å². The van der Waals surface area contributed by atoms with Crippen LogP contribution in [0.5, 0.6) is 0 Å². The molecule has 6 nitrogen and oxygen atoms in total. The number of hydrogen-bond donors (Lipinski definition) is 3. The molecule has 3 unspecified atom stereocenters. The summed E-state index contributed by atoms with van der Waals surface area (Å²) in [4.78, 5) is 12.2. The molecule has 3 atom stereocenters. The van der Waals surface area contributed by atoms with E-state index in [2.05, 4.69) is 32.3 Å². The van der Waals surface area contributed by atoms with E-state index in [4.69, 9.17) is 17.3 Å². The molecular weight excluding hydrogens is 324 g/mol. The lowest BCUT2D eigenvalue weighted by atomic mass is 9.97. The lowest BCUT2D eigenvalue weighted by Crippen LogP contribution is -2.38. The van der Waals surface area contributed by atoms with E-state index in [1.165, 1.54) is 44.5 Å². The van der Waals surface area contributed by atoms with E-state index in [1.54, 1.807) is 13.3 Å². The summed E-state index contributed by atoms with van der Waals surface area (Å²) in [5.41, 5.74) is 6.24. The van der Waals surface area contributed by atoms with Crippen LogP contribution in [0.4, 0.5) is 0 Å². The zero-order valence-corrected chi connectivity index (χ0v) is 15.0. The maximum atomic E-state index is 6.32. The third-order valence-corrected chi connectivity index (χ3v) is 5.08. The molecule has 0 saturated heterocycles. The van der Waals surface area contributed by atoms with Gasteiger partial charge in [-0.05, 0) is 37.8 Å². The lowest BCUT2D eigenvalue weighted by Gasteiger charge is -2.22. The molecule has 0 aromatic rings. The van der Waals surface area contributed by atoms with Crippen molar-refractivity contribution >= 4 is 30.4 Å². The van der Waals surface area contributed by atoms with Gasteiger partial charge in [-0.3, -0.25) is 9.98 Å². The van der Waals surface area contributed by atoms with E-state index >= 15 is 0 Å². The van der Waals surface area contributed by atoms with Crippen LogP contribution in [0.15, 0.2) is 38.1 Å². The van der Waals surface area contributed by atoms with Crippen LogP contribution in [0.1, 0.15) is 32.1 Å². The number of nitrogens with two attached hydrogens (primary N) is 1. The third-order valence-electron chi connectivity index (χ3n) is 4.80. The molecule has 4 N–H and O–H groups in total. The van der Waals surface area contributed by atoms with E-state index in [1.807, 2.05) is 0 Å². The Kier molecular flexibility index (Phi) is 7.31. The first-order chi connectivity index (χ1) is 11.7. The molecule has 0 aromatic heterocycles. The van der Waals surface area contributed by atoms with Crippen molar-refractivity contribution in [2.45, 2.75) is 38.1 Å². The molecular formula is C17H27ClN6. The van der Waals surface area contributed by atoms with Crippen LogP contribution in [0.2, 0.25) is 0 Å². The molecule has 0 bridgehead atoms. The minimum Gasteiger partial charge on any atom is -0.403 e. The molecule has 2 rings (SSSR count). The van der Waals surface area contributed by atoms with Crippen LogP contribution in [0, 0.1) is 11.8 Å². The van der Waals surface area contributed by atoms with Gasteiger partial charge in [0, 0.05) is 31.7 Å². The van der Waals surface area contributed by atoms with Crippen molar-refractivity contribution in [3.63, 3.8) is 0 Å². The fraction of sp³-hybridized carbons (Fsp3) is 0.588. The van der Waals surface area contributed by atoms with Crippen LogP contribution >= 0.6 is 11.6 Å². The molecule has 0 heterocycles. The highest BCUT2D eigenvalue weighted by Crippen LogP contribution is 2.44. The van der Waals surface area contributed by atoms with Crippen molar-refractivity contribution in [2.24, 2.45) is 32.5 Å². The number of halogens is 1. The van der Waals surface area contributed by atoms with Crippen LogP contribution in [0.25, 0.3) is 0 Å². The first kappa shape index (κ1) is 18.5. The minimum atomic E-state index is 0.347. The SMILES string of the molecule is C=N/C=C(/Cl)C(=NCNC(C=NC)=CN)NC1CCC2CCCC21. The van der Waals surface area contributed by atoms with Crippen LogP contribution in [-0.2, 0) is 0 Å². The second-order valence-corrected chi connectivity index (χ2v) is 6.60. The Morgan fingerprint density at radius 2 is 2.17 bits per heavy atom. The van der Waals surface area contributed by atoms with Gasteiger partial charge in [0.05, 0.1) is 5.70 Å². The summed E-state index contributed by atoms with van der Waals surface area (Å²) in [6.07, 6.45) is 11.1. The standard InChI is InChI=1S/C17H27ClN6/c1-20-9-13(8-19)22-11-23-17(15(18)10-21-2)24-16-7-6-12-4-3-5-14(12)16/h8-10,12,14,16,22H,2-7,11,19H2,1H3,(H,23,24)/b13-8?,15-10+,20-9?. The molecule has 0 aromatic carbocycles. The average molecular weight is 351 g/mol. The Morgan fingerprint density at radius 3 is 2.88 bits per heavy atom. The zero-order valence-electron chi connectivity index (χ0n) is 14.2. The van der Waals surface area contributed by atoms with Gasteiger partial charge >= 0.3 is 0 Å². The minimum absolute atomic E-state index is 0.347. The Bertz CT molecular complexity index is 551. The van der Waals surface area contributed by atoms with Crippen molar-refractivity contribution in [1.29, 1.82) is 0 Å². The zero-order chi connectivity index (χ0) is 17.4.